The van der Waals surface area contributed by atoms with Gasteiger partial charge >= 0.3 is 0 Å². The van der Waals surface area contributed by atoms with Crippen LogP contribution in [0.5, 0.6) is 17.2 Å². The molecule has 0 spiro atoms. The number of β-amino-alcohol motifs (C(OH)–C–C–N with tert-alkyl or cyclic N) is 1. The molecule has 1 unspecified atom stereocenters. The molecule has 2 aliphatic rings. The first kappa shape index (κ1) is 23.9. The summed E-state index contributed by atoms with van der Waals surface area (Å²) in [4.78, 5) is 21.7. The molecule has 1 fully saturated rings. The highest BCUT2D eigenvalue weighted by Gasteiger charge is 2.20. The SMILES string of the molecule is O=C(Nc1ccc(N2CCCN(CC(O)COc3ccccc3)CC2)nc1)c1ccc2c(c1)OCO2. The van der Waals surface area contributed by atoms with Gasteiger partial charge in [0.05, 0.1) is 11.9 Å². The minimum Gasteiger partial charge on any atom is -0.491 e. The Morgan fingerprint density at radius 3 is 2.72 bits per heavy atom. The van der Waals surface area contributed by atoms with Crippen LogP contribution >= 0.6 is 0 Å². The molecule has 1 aromatic heterocycles. The zero-order valence-corrected chi connectivity index (χ0v) is 20.0. The van der Waals surface area contributed by atoms with Gasteiger partial charge in [-0.2, -0.15) is 0 Å². The summed E-state index contributed by atoms with van der Waals surface area (Å²) in [7, 11) is 0. The van der Waals surface area contributed by atoms with Crippen LogP contribution in [0, 0.1) is 0 Å². The van der Waals surface area contributed by atoms with Crippen molar-refractivity contribution >= 4 is 17.4 Å². The Labute approximate surface area is 210 Å². The van der Waals surface area contributed by atoms with Gasteiger partial charge in [-0.3, -0.25) is 9.69 Å². The summed E-state index contributed by atoms with van der Waals surface area (Å²) in [5, 5.41) is 13.3. The van der Waals surface area contributed by atoms with Crippen molar-refractivity contribution < 1.29 is 24.1 Å². The number of nitrogens with zero attached hydrogens (tertiary/aromatic N) is 3. The van der Waals surface area contributed by atoms with E-state index in [4.69, 9.17) is 14.2 Å². The third-order valence-electron chi connectivity index (χ3n) is 6.21. The zero-order valence-electron chi connectivity index (χ0n) is 20.0. The number of nitrogens with one attached hydrogen (secondary N) is 1. The van der Waals surface area contributed by atoms with Crippen LogP contribution < -0.4 is 24.4 Å². The monoisotopic (exact) mass is 490 g/mol. The minimum absolute atomic E-state index is 0.170. The number of ether oxygens (including phenoxy) is 3. The lowest BCUT2D eigenvalue weighted by molar-refractivity contribution is 0.0705. The van der Waals surface area contributed by atoms with Crippen LogP contribution in [-0.4, -0.2) is 73.1 Å². The van der Waals surface area contributed by atoms with E-state index in [-0.39, 0.29) is 19.3 Å². The molecule has 9 nitrogen and oxygen atoms in total. The highest BCUT2D eigenvalue weighted by molar-refractivity contribution is 6.04. The number of aromatic nitrogens is 1. The standard InChI is InChI=1S/C27H30N4O5/c32-22(18-34-23-5-2-1-3-6-23)17-30-11-4-12-31(14-13-30)26-10-8-21(16-28-26)29-27(33)20-7-9-24-25(15-20)36-19-35-24/h1-3,5-10,15-16,22,32H,4,11-14,17-19H2,(H,29,33). The van der Waals surface area contributed by atoms with Gasteiger partial charge in [-0.15, -0.1) is 0 Å². The Morgan fingerprint density at radius 2 is 1.89 bits per heavy atom. The second-order valence-corrected chi connectivity index (χ2v) is 8.85. The van der Waals surface area contributed by atoms with Gasteiger partial charge in [0.1, 0.15) is 24.3 Å². The lowest BCUT2D eigenvalue weighted by Crippen LogP contribution is -2.38. The van der Waals surface area contributed by atoms with Gasteiger partial charge in [-0.1, -0.05) is 18.2 Å². The lowest BCUT2D eigenvalue weighted by Gasteiger charge is -2.24. The summed E-state index contributed by atoms with van der Waals surface area (Å²) in [5.41, 5.74) is 1.12. The first-order valence-corrected chi connectivity index (χ1v) is 12.1. The molecular weight excluding hydrogens is 460 g/mol. The van der Waals surface area contributed by atoms with E-state index in [2.05, 4.69) is 20.1 Å². The van der Waals surface area contributed by atoms with Gasteiger partial charge < -0.3 is 29.5 Å². The van der Waals surface area contributed by atoms with Crippen molar-refractivity contribution in [2.24, 2.45) is 0 Å². The van der Waals surface area contributed by atoms with Gasteiger partial charge in [-0.25, -0.2) is 4.98 Å². The van der Waals surface area contributed by atoms with E-state index < -0.39 is 6.10 Å². The highest BCUT2D eigenvalue weighted by Crippen LogP contribution is 2.32. The summed E-state index contributed by atoms with van der Waals surface area (Å²) in [5.74, 6) is 2.61. The van der Waals surface area contributed by atoms with E-state index in [1.54, 1.807) is 24.4 Å². The molecule has 5 rings (SSSR count). The number of carbonyl (C=O) groups excluding carboxylic acids is 1. The quantitative estimate of drug-likeness (QED) is 0.498. The Hall–Kier alpha value is -3.82. The van der Waals surface area contributed by atoms with Gasteiger partial charge in [0, 0.05) is 31.7 Å². The van der Waals surface area contributed by atoms with Crippen molar-refractivity contribution in [2.75, 3.05) is 56.3 Å². The van der Waals surface area contributed by atoms with E-state index >= 15 is 0 Å². The van der Waals surface area contributed by atoms with Gasteiger partial charge in [-0.05, 0) is 55.4 Å². The Morgan fingerprint density at radius 1 is 1.03 bits per heavy atom. The molecule has 1 atom stereocenters. The smallest absolute Gasteiger partial charge is 0.255 e. The maximum Gasteiger partial charge on any atom is 0.255 e. The van der Waals surface area contributed by atoms with E-state index in [9.17, 15) is 9.90 Å². The van der Waals surface area contributed by atoms with Crippen molar-refractivity contribution in [3.8, 4) is 17.2 Å². The van der Waals surface area contributed by atoms with Gasteiger partial charge in [0.25, 0.3) is 5.91 Å². The van der Waals surface area contributed by atoms with E-state index in [0.29, 0.717) is 29.3 Å². The number of rotatable bonds is 8. The number of aliphatic hydroxyl groups excluding tert-OH is 1. The van der Waals surface area contributed by atoms with Crippen molar-refractivity contribution in [2.45, 2.75) is 12.5 Å². The van der Waals surface area contributed by atoms with Gasteiger partial charge in [0.15, 0.2) is 11.5 Å². The number of anilines is 2. The van der Waals surface area contributed by atoms with Crippen LogP contribution in [0.4, 0.5) is 11.5 Å². The number of para-hydroxylation sites is 1. The van der Waals surface area contributed by atoms with Crippen LogP contribution in [0.2, 0.25) is 0 Å². The van der Waals surface area contributed by atoms with Crippen LogP contribution in [0.3, 0.4) is 0 Å². The summed E-state index contributed by atoms with van der Waals surface area (Å²) in [6.45, 7) is 4.42. The van der Waals surface area contributed by atoms with Crippen LogP contribution in [-0.2, 0) is 0 Å². The van der Waals surface area contributed by atoms with Gasteiger partial charge in [0.2, 0.25) is 6.79 Å². The molecule has 0 saturated carbocycles. The molecule has 188 valence electrons. The third kappa shape index (κ3) is 6.05. The summed E-state index contributed by atoms with van der Waals surface area (Å²) in [6, 6.07) is 18.4. The second kappa shape index (κ2) is 11.3. The first-order valence-electron chi connectivity index (χ1n) is 12.1. The molecule has 3 aromatic rings. The van der Waals surface area contributed by atoms with Crippen LogP contribution in [0.15, 0.2) is 66.9 Å². The normalized spacial score (nSPS) is 16.3. The fourth-order valence-electron chi connectivity index (χ4n) is 4.33. The number of benzene rings is 2. The molecule has 0 aliphatic carbocycles. The highest BCUT2D eigenvalue weighted by atomic mass is 16.7. The second-order valence-electron chi connectivity index (χ2n) is 8.85. The average molecular weight is 491 g/mol. The Balaban J connectivity index is 1.10. The number of aliphatic hydroxyl groups is 1. The maximum absolute atomic E-state index is 12.6. The third-order valence-corrected chi connectivity index (χ3v) is 6.21. The van der Waals surface area contributed by atoms with Crippen molar-refractivity contribution in [3.05, 3.63) is 72.4 Å². The van der Waals surface area contributed by atoms with Crippen molar-refractivity contribution in [3.63, 3.8) is 0 Å². The lowest BCUT2D eigenvalue weighted by atomic mass is 10.2. The summed E-state index contributed by atoms with van der Waals surface area (Å²) < 4.78 is 16.3. The maximum atomic E-state index is 12.6. The molecule has 2 N–H and O–H groups in total. The molecular formula is C27H30N4O5. The molecule has 2 aliphatic heterocycles. The number of amides is 1. The van der Waals surface area contributed by atoms with E-state index in [1.807, 2.05) is 42.5 Å². The summed E-state index contributed by atoms with van der Waals surface area (Å²) in [6.07, 6.45) is 2.09. The largest absolute Gasteiger partial charge is 0.491 e. The Kier molecular flexibility index (Phi) is 7.49. The average Bonchev–Trinajstić information content (AvgIpc) is 3.26. The molecule has 3 heterocycles. The topological polar surface area (TPSA) is 96.4 Å². The number of fused-ring (bicyclic) bond motifs is 1. The molecule has 1 amide bonds. The number of pyridine rings is 1. The predicted octanol–water partition coefficient (Wildman–Crippen LogP) is 3.01. The van der Waals surface area contributed by atoms with Crippen molar-refractivity contribution in [1.82, 2.24) is 9.88 Å². The van der Waals surface area contributed by atoms with E-state index in [1.165, 1.54) is 0 Å². The number of hydrogen-bond acceptors (Lipinski definition) is 8. The Bertz CT molecular complexity index is 1160. The first-order chi connectivity index (χ1) is 17.6. The molecule has 1 saturated heterocycles. The number of hydrogen-bond donors (Lipinski definition) is 2. The summed E-state index contributed by atoms with van der Waals surface area (Å²) >= 11 is 0. The molecule has 0 bridgehead atoms. The molecule has 0 radical (unpaired) electrons. The molecule has 36 heavy (non-hydrogen) atoms. The fraction of sp³-hybridized carbons (Fsp3) is 0.333. The molecule has 9 heteroatoms. The molecule has 2 aromatic carbocycles. The van der Waals surface area contributed by atoms with Crippen molar-refractivity contribution in [1.29, 1.82) is 0 Å². The van der Waals surface area contributed by atoms with Crippen LogP contribution in [0.25, 0.3) is 0 Å². The van der Waals surface area contributed by atoms with E-state index in [0.717, 1.165) is 44.2 Å². The predicted molar refractivity (Wildman–Crippen MR) is 136 cm³/mol. The zero-order chi connectivity index (χ0) is 24.7. The fourth-order valence-corrected chi connectivity index (χ4v) is 4.33. The minimum atomic E-state index is -0.553. The number of carbonyl (C=O) groups is 1. The van der Waals surface area contributed by atoms with Crippen LogP contribution in [0.1, 0.15) is 16.8 Å².